The zero-order valence-electron chi connectivity index (χ0n) is 12.6. The van der Waals surface area contributed by atoms with Gasteiger partial charge in [-0.25, -0.2) is 4.68 Å². The van der Waals surface area contributed by atoms with Crippen molar-refractivity contribution in [3.05, 3.63) is 65.9 Å². The second-order valence-corrected chi connectivity index (χ2v) is 5.45. The molecule has 1 aliphatic heterocycles. The first-order valence-corrected chi connectivity index (χ1v) is 7.33. The van der Waals surface area contributed by atoms with Crippen LogP contribution in [0.25, 0.3) is 11.3 Å². The summed E-state index contributed by atoms with van der Waals surface area (Å²) in [6.45, 7) is 2.02. The van der Waals surface area contributed by atoms with E-state index in [0.717, 1.165) is 28.4 Å². The topological polar surface area (TPSA) is 39.1 Å². The second kappa shape index (κ2) is 4.91. The maximum absolute atomic E-state index is 5.53. The van der Waals surface area contributed by atoms with Crippen LogP contribution in [0.5, 0.6) is 5.75 Å². The van der Waals surface area contributed by atoms with Gasteiger partial charge in [-0.05, 0) is 25.1 Å². The molecular weight excluding hydrogens is 274 g/mol. The molecule has 0 saturated carbocycles. The van der Waals surface area contributed by atoms with Crippen LogP contribution in [-0.2, 0) is 0 Å². The monoisotopic (exact) mass is 291 g/mol. The average Bonchev–Trinajstić information content (AvgIpc) is 2.96. The number of aryl methyl sites for hydroxylation is 1. The molecule has 0 radical (unpaired) electrons. The van der Waals surface area contributed by atoms with Crippen LogP contribution >= 0.6 is 0 Å². The van der Waals surface area contributed by atoms with E-state index in [-0.39, 0.29) is 6.17 Å². The Balaban J connectivity index is 1.93. The lowest BCUT2D eigenvalue weighted by atomic mass is 10.0. The van der Waals surface area contributed by atoms with Crippen molar-refractivity contribution >= 4 is 5.69 Å². The van der Waals surface area contributed by atoms with Gasteiger partial charge in [0.1, 0.15) is 5.75 Å². The Hall–Kier alpha value is -2.75. The molecule has 2 heterocycles. The third kappa shape index (κ3) is 1.88. The van der Waals surface area contributed by atoms with Gasteiger partial charge < -0.3 is 10.1 Å². The van der Waals surface area contributed by atoms with Gasteiger partial charge in [-0.2, -0.15) is 5.10 Å². The van der Waals surface area contributed by atoms with Gasteiger partial charge >= 0.3 is 0 Å². The van der Waals surface area contributed by atoms with E-state index in [1.807, 2.05) is 35.9 Å². The van der Waals surface area contributed by atoms with Crippen LogP contribution < -0.4 is 10.1 Å². The zero-order chi connectivity index (χ0) is 15.1. The van der Waals surface area contributed by atoms with Crippen LogP contribution in [0.4, 0.5) is 5.69 Å². The molecule has 110 valence electrons. The van der Waals surface area contributed by atoms with Crippen LogP contribution in [0.3, 0.4) is 0 Å². The fraction of sp³-hybridized carbons (Fsp3) is 0.167. The third-order valence-electron chi connectivity index (χ3n) is 4.03. The Bertz CT molecular complexity index is 838. The Morgan fingerprint density at radius 1 is 1.09 bits per heavy atom. The fourth-order valence-electron chi connectivity index (χ4n) is 3.06. The lowest BCUT2D eigenvalue weighted by molar-refractivity contribution is 0.401. The van der Waals surface area contributed by atoms with E-state index >= 15 is 0 Å². The second-order valence-electron chi connectivity index (χ2n) is 5.45. The van der Waals surface area contributed by atoms with Gasteiger partial charge in [0.25, 0.3) is 0 Å². The normalized spacial score (nSPS) is 15.6. The van der Waals surface area contributed by atoms with E-state index in [2.05, 4.69) is 40.7 Å². The summed E-state index contributed by atoms with van der Waals surface area (Å²) in [6, 6.07) is 18.5. The van der Waals surface area contributed by atoms with E-state index < -0.39 is 0 Å². The molecule has 2 aromatic carbocycles. The van der Waals surface area contributed by atoms with Crippen molar-refractivity contribution in [1.82, 2.24) is 9.78 Å². The minimum absolute atomic E-state index is 0.0743. The molecular formula is C18H17N3O. The summed E-state index contributed by atoms with van der Waals surface area (Å²) in [5, 5.41) is 8.26. The summed E-state index contributed by atoms with van der Waals surface area (Å²) in [7, 11) is 1.70. The molecule has 0 amide bonds. The standard InChI is InChI=1S/C18H17N3O/c1-12-11-16-13-7-3-5-9-15(13)19-18(21(16)20-12)14-8-4-6-10-17(14)22-2/h3-11,18-19H,1-2H3. The van der Waals surface area contributed by atoms with E-state index in [1.165, 1.54) is 5.56 Å². The van der Waals surface area contributed by atoms with Crippen LogP contribution in [-0.4, -0.2) is 16.9 Å². The van der Waals surface area contributed by atoms with E-state index in [1.54, 1.807) is 7.11 Å². The molecule has 0 spiro atoms. The van der Waals surface area contributed by atoms with E-state index in [0.29, 0.717) is 0 Å². The lowest BCUT2D eigenvalue weighted by Gasteiger charge is -2.30. The summed E-state index contributed by atoms with van der Waals surface area (Å²) in [5.74, 6) is 0.860. The van der Waals surface area contributed by atoms with Gasteiger partial charge in [0, 0.05) is 16.8 Å². The average molecular weight is 291 g/mol. The Kier molecular flexibility index (Phi) is 2.89. The minimum atomic E-state index is -0.0743. The third-order valence-corrected chi connectivity index (χ3v) is 4.03. The molecule has 1 aromatic heterocycles. The number of fused-ring (bicyclic) bond motifs is 3. The summed E-state index contributed by atoms with van der Waals surface area (Å²) in [4.78, 5) is 0. The number of rotatable bonds is 2. The molecule has 0 saturated heterocycles. The highest BCUT2D eigenvalue weighted by Gasteiger charge is 2.27. The number of methoxy groups -OCH3 is 1. The quantitative estimate of drug-likeness (QED) is 0.779. The zero-order valence-corrected chi connectivity index (χ0v) is 12.6. The first-order chi connectivity index (χ1) is 10.8. The molecule has 3 aromatic rings. The fourth-order valence-corrected chi connectivity index (χ4v) is 3.06. The van der Waals surface area contributed by atoms with Gasteiger partial charge in [-0.3, -0.25) is 0 Å². The summed E-state index contributed by atoms with van der Waals surface area (Å²) in [5.41, 5.74) is 5.50. The molecule has 4 rings (SSSR count). The Morgan fingerprint density at radius 2 is 1.86 bits per heavy atom. The molecule has 0 fully saturated rings. The van der Waals surface area contributed by atoms with E-state index in [4.69, 9.17) is 4.74 Å². The molecule has 1 unspecified atom stereocenters. The predicted octanol–water partition coefficient (Wildman–Crippen LogP) is 3.84. The van der Waals surface area contributed by atoms with Gasteiger partial charge in [-0.1, -0.05) is 36.4 Å². The highest BCUT2D eigenvalue weighted by Crippen LogP contribution is 2.40. The maximum atomic E-state index is 5.53. The summed E-state index contributed by atoms with van der Waals surface area (Å²) < 4.78 is 7.56. The summed E-state index contributed by atoms with van der Waals surface area (Å²) in [6.07, 6.45) is -0.0743. The molecule has 4 heteroatoms. The molecule has 1 aliphatic rings. The van der Waals surface area contributed by atoms with Crippen molar-refractivity contribution in [2.24, 2.45) is 0 Å². The van der Waals surface area contributed by atoms with Gasteiger partial charge in [0.05, 0.1) is 18.5 Å². The highest BCUT2D eigenvalue weighted by atomic mass is 16.5. The Labute approximate surface area is 129 Å². The van der Waals surface area contributed by atoms with Gasteiger partial charge in [0.2, 0.25) is 0 Å². The predicted molar refractivity (Wildman–Crippen MR) is 87.2 cm³/mol. The van der Waals surface area contributed by atoms with Crippen molar-refractivity contribution in [1.29, 1.82) is 0 Å². The number of nitrogens with zero attached hydrogens (tertiary/aromatic N) is 2. The maximum Gasteiger partial charge on any atom is 0.150 e. The molecule has 22 heavy (non-hydrogen) atoms. The van der Waals surface area contributed by atoms with Crippen LogP contribution in [0, 0.1) is 6.92 Å². The number of benzene rings is 2. The molecule has 1 atom stereocenters. The molecule has 1 N–H and O–H groups in total. The first kappa shape index (κ1) is 13.0. The number of hydrogen-bond acceptors (Lipinski definition) is 3. The van der Waals surface area contributed by atoms with E-state index in [9.17, 15) is 0 Å². The number of aromatic nitrogens is 2. The summed E-state index contributed by atoms with van der Waals surface area (Å²) >= 11 is 0. The Morgan fingerprint density at radius 3 is 2.73 bits per heavy atom. The minimum Gasteiger partial charge on any atom is -0.496 e. The molecule has 4 nitrogen and oxygen atoms in total. The van der Waals surface area contributed by atoms with Gasteiger partial charge in [0.15, 0.2) is 6.17 Å². The first-order valence-electron chi connectivity index (χ1n) is 7.33. The van der Waals surface area contributed by atoms with Crippen LogP contribution in [0.15, 0.2) is 54.6 Å². The number of anilines is 1. The van der Waals surface area contributed by atoms with Crippen molar-refractivity contribution < 1.29 is 4.74 Å². The smallest absolute Gasteiger partial charge is 0.150 e. The SMILES string of the molecule is COc1ccccc1C1Nc2ccccc2-c2cc(C)nn21. The van der Waals surface area contributed by atoms with Crippen molar-refractivity contribution in [2.75, 3.05) is 12.4 Å². The lowest BCUT2D eigenvalue weighted by Crippen LogP contribution is -2.26. The van der Waals surface area contributed by atoms with Crippen molar-refractivity contribution in [2.45, 2.75) is 13.1 Å². The number of para-hydroxylation sites is 2. The molecule has 0 aliphatic carbocycles. The number of hydrogen-bond donors (Lipinski definition) is 1. The number of nitrogens with one attached hydrogen (secondary N) is 1. The largest absolute Gasteiger partial charge is 0.496 e. The molecule has 0 bridgehead atoms. The van der Waals surface area contributed by atoms with Gasteiger partial charge in [-0.15, -0.1) is 0 Å². The van der Waals surface area contributed by atoms with Crippen molar-refractivity contribution in [3.63, 3.8) is 0 Å². The van der Waals surface area contributed by atoms with Crippen LogP contribution in [0.1, 0.15) is 17.4 Å². The highest BCUT2D eigenvalue weighted by molar-refractivity contribution is 5.78. The van der Waals surface area contributed by atoms with Crippen molar-refractivity contribution in [3.8, 4) is 17.0 Å². The van der Waals surface area contributed by atoms with Crippen LogP contribution in [0.2, 0.25) is 0 Å². The number of ether oxygens (including phenoxy) is 1.